The minimum atomic E-state index is -1.36. The Bertz CT molecular complexity index is 801. The number of benzene rings is 1. The predicted octanol–water partition coefficient (Wildman–Crippen LogP) is 3.72. The number of carboxylic acids is 1. The molecule has 0 bridgehead atoms. The van der Waals surface area contributed by atoms with Gasteiger partial charge in [0.15, 0.2) is 6.04 Å². The van der Waals surface area contributed by atoms with Crippen LogP contribution in [-0.2, 0) is 21.4 Å². The topological polar surface area (TPSA) is 79.3 Å². The van der Waals surface area contributed by atoms with Gasteiger partial charge in [0.05, 0.1) is 22.1 Å². The summed E-state index contributed by atoms with van der Waals surface area (Å²) in [6, 6.07) is 2.26. The first-order valence-corrected chi connectivity index (χ1v) is 8.75. The van der Waals surface area contributed by atoms with Crippen molar-refractivity contribution >= 4 is 34.8 Å². The lowest BCUT2D eigenvalue weighted by atomic mass is 9.98. The number of aliphatic carboxylic acids is 1. The molecule has 2 rings (SSSR count). The van der Waals surface area contributed by atoms with E-state index in [1.165, 1.54) is 23.5 Å². The van der Waals surface area contributed by atoms with E-state index < -0.39 is 23.7 Å². The zero-order chi connectivity index (χ0) is 18.8. The molecule has 0 spiro atoms. The number of thiazole rings is 1. The van der Waals surface area contributed by atoms with Gasteiger partial charge in [0.1, 0.15) is 5.82 Å². The third kappa shape index (κ3) is 4.99. The van der Waals surface area contributed by atoms with Crippen LogP contribution < -0.4 is 5.32 Å². The van der Waals surface area contributed by atoms with Crippen LogP contribution in [0.4, 0.5) is 4.39 Å². The first kappa shape index (κ1) is 19.3. The number of carboxylic acid groups (broad SMARTS) is 1. The fourth-order valence-corrected chi connectivity index (χ4v) is 3.11. The first-order chi connectivity index (χ1) is 11.6. The highest BCUT2D eigenvalue weighted by molar-refractivity contribution is 7.09. The SMILES string of the molecule is CC(C)(C)c1nc(CC(=O)NC(C(=O)O)c2ccc(Cl)c(F)c2)cs1. The molecule has 2 N–H and O–H groups in total. The number of nitrogens with one attached hydrogen (secondary N) is 1. The molecule has 0 aliphatic carbocycles. The molecular weight excluding hydrogens is 367 g/mol. The lowest BCUT2D eigenvalue weighted by molar-refractivity contribution is -0.142. The average Bonchev–Trinajstić information content (AvgIpc) is 2.96. The second-order valence-electron chi connectivity index (χ2n) is 6.58. The Kier molecular flexibility index (Phi) is 5.80. The minimum Gasteiger partial charge on any atom is -0.479 e. The van der Waals surface area contributed by atoms with Gasteiger partial charge < -0.3 is 10.4 Å². The quantitative estimate of drug-likeness (QED) is 0.823. The van der Waals surface area contributed by atoms with Gasteiger partial charge in [-0.05, 0) is 17.7 Å². The van der Waals surface area contributed by atoms with Crippen molar-refractivity contribution in [2.75, 3.05) is 0 Å². The molecule has 1 unspecified atom stereocenters. The second kappa shape index (κ2) is 7.49. The highest BCUT2D eigenvalue weighted by atomic mass is 35.5. The van der Waals surface area contributed by atoms with Crippen LogP contribution in [0.5, 0.6) is 0 Å². The van der Waals surface area contributed by atoms with Gasteiger partial charge in [-0.15, -0.1) is 11.3 Å². The lowest BCUT2D eigenvalue weighted by Crippen LogP contribution is -2.34. The van der Waals surface area contributed by atoms with E-state index in [2.05, 4.69) is 10.3 Å². The smallest absolute Gasteiger partial charge is 0.330 e. The maximum Gasteiger partial charge on any atom is 0.330 e. The number of amides is 1. The second-order valence-corrected chi connectivity index (χ2v) is 7.85. The van der Waals surface area contributed by atoms with E-state index in [0.717, 1.165) is 11.1 Å². The van der Waals surface area contributed by atoms with Crippen LogP contribution in [0.25, 0.3) is 0 Å². The summed E-state index contributed by atoms with van der Waals surface area (Å²) in [7, 11) is 0. The Morgan fingerprint density at radius 1 is 1.40 bits per heavy atom. The molecule has 25 heavy (non-hydrogen) atoms. The average molecular weight is 385 g/mol. The third-order valence-electron chi connectivity index (χ3n) is 3.36. The van der Waals surface area contributed by atoms with Crippen molar-refractivity contribution in [3.05, 3.63) is 50.7 Å². The molecule has 8 heteroatoms. The molecule has 0 saturated carbocycles. The highest BCUT2D eigenvalue weighted by Crippen LogP contribution is 2.26. The Hall–Kier alpha value is -1.99. The maximum absolute atomic E-state index is 13.6. The van der Waals surface area contributed by atoms with Gasteiger partial charge in [0, 0.05) is 10.8 Å². The van der Waals surface area contributed by atoms with Gasteiger partial charge in [-0.3, -0.25) is 4.79 Å². The molecule has 0 fully saturated rings. The Labute approximate surface area is 153 Å². The fraction of sp³-hybridized carbons (Fsp3) is 0.353. The molecule has 2 aromatic rings. The van der Waals surface area contributed by atoms with Gasteiger partial charge in [-0.2, -0.15) is 0 Å². The van der Waals surface area contributed by atoms with Gasteiger partial charge in [-0.25, -0.2) is 14.2 Å². The predicted molar refractivity (Wildman–Crippen MR) is 94.4 cm³/mol. The van der Waals surface area contributed by atoms with E-state index in [4.69, 9.17) is 11.6 Å². The van der Waals surface area contributed by atoms with E-state index >= 15 is 0 Å². The van der Waals surface area contributed by atoms with Crippen molar-refractivity contribution in [2.24, 2.45) is 0 Å². The zero-order valence-electron chi connectivity index (χ0n) is 14.0. The van der Waals surface area contributed by atoms with Crippen LogP contribution in [0.1, 0.15) is 43.1 Å². The highest BCUT2D eigenvalue weighted by Gasteiger charge is 2.24. The summed E-state index contributed by atoms with van der Waals surface area (Å²) in [4.78, 5) is 28.0. The van der Waals surface area contributed by atoms with Gasteiger partial charge >= 0.3 is 5.97 Å². The monoisotopic (exact) mass is 384 g/mol. The van der Waals surface area contributed by atoms with Crippen LogP contribution in [0, 0.1) is 5.82 Å². The first-order valence-electron chi connectivity index (χ1n) is 7.50. The third-order valence-corrected chi connectivity index (χ3v) is 4.99. The number of hydrogen-bond donors (Lipinski definition) is 2. The normalized spacial score (nSPS) is 12.7. The molecule has 0 aliphatic rings. The largest absolute Gasteiger partial charge is 0.479 e. The summed E-state index contributed by atoms with van der Waals surface area (Å²) in [6.45, 7) is 6.06. The van der Waals surface area contributed by atoms with E-state index in [-0.39, 0.29) is 22.4 Å². The van der Waals surface area contributed by atoms with Crippen LogP contribution in [0.3, 0.4) is 0 Å². The molecule has 1 atom stereocenters. The fourth-order valence-electron chi connectivity index (χ4n) is 2.09. The van der Waals surface area contributed by atoms with Crippen molar-refractivity contribution in [1.82, 2.24) is 10.3 Å². The summed E-state index contributed by atoms with van der Waals surface area (Å²) >= 11 is 7.05. The maximum atomic E-state index is 13.6. The lowest BCUT2D eigenvalue weighted by Gasteiger charge is -2.15. The Morgan fingerprint density at radius 3 is 2.60 bits per heavy atom. The molecule has 1 aromatic carbocycles. The molecular formula is C17H18ClFN2O3S. The van der Waals surface area contributed by atoms with Crippen LogP contribution in [0.2, 0.25) is 5.02 Å². The summed E-state index contributed by atoms with van der Waals surface area (Å²) in [5.74, 6) is -2.54. The van der Waals surface area contributed by atoms with Crippen LogP contribution in [-0.4, -0.2) is 22.0 Å². The number of hydrogen-bond acceptors (Lipinski definition) is 4. The van der Waals surface area contributed by atoms with Crippen LogP contribution >= 0.6 is 22.9 Å². The molecule has 0 aliphatic heterocycles. The minimum absolute atomic E-state index is 0.0492. The number of nitrogens with zero attached hydrogens (tertiary/aromatic N) is 1. The van der Waals surface area contributed by atoms with E-state index in [1.54, 1.807) is 5.38 Å². The molecule has 0 radical (unpaired) electrons. The molecule has 1 heterocycles. The molecule has 134 valence electrons. The summed E-state index contributed by atoms with van der Waals surface area (Å²) < 4.78 is 13.6. The Morgan fingerprint density at radius 2 is 2.08 bits per heavy atom. The molecule has 1 amide bonds. The standard InChI is InChI=1S/C17H18ClFN2O3S/c1-17(2,3)16-20-10(8-25-16)7-13(22)21-14(15(23)24)9-4-5-11(18)12(19)6-9/h4-6,8,14H,7H2,1-3H3,(H,21,22)(H,23,24). The van der Waals surface area contributed by atoms with E-state index in [0.29, 0.717) is 5.69 Å². The van der Waals surface area contributed by atoms with Gasteiger partial charge in [0.2, 0.25) is 5.91 Å². The van der Waals surface area contributed by atoms with Crippen molar-refractivity contribution in [3.63, 3.8) is 0 Å². The number of aromatic nitrogens is 1. The number of carbonyl (C=O) groups is 2. The molecule has 5 nitrogen and oxygen atoms in total. The molecule has 0 saturated heterocycles. The van der Waals surface area contributed by atoms with Gasteiger partial charge in [0.25, 0.3) is 0 Å². The van der Waals surface area contributed by atoms with E-state index in [9.17, 15) is 19.1 Å². The van der Waals surface area contributed by atoms with Crippen molar-refractivity contribution < 1.29 is 19.1 Å². The zero-order valence-corrected chi connectivity index (χ0v) is 15.5. The van der Waals surface area contributed by atoms with Crippen molar-refractivity contribution in [1.29, 1.82) is 0 Å². The number of carbonyl (C=O) groups excluding carboxylic acids is 1. The van der Waals surface area contributed by atoms with E-state index in [1.807, 2.05) is 20.8 Å². The summed E-state index contributed by atoms with van der Waals surface area (Å²) in [5.41, 5.74) is 0.555. The number of rotatable bonds is 5. The van der Waals surface area contributed by atoms with Gasteiger partial charge in [-0.1, -0.05) is 38.4 Å². The molecule has 1 aromatic heterocycles. The Balaban J connectivity index is 2.11. The van der Waals surface area contributed by atoms with Crippen molar-refractivity contribution in [2.45, 2.75) is 38.6 Å². The van der Waals surface area contributed by atoms with Crippen molar-refractivity contribution in [3.8, 4) is 0 Å². The summed E-state index contributed by atoms with van der Waals surface area (Å²) in [6.07, 6.45) is -0.0492. The summed E-state index contributed by atoms with van der Waals surface area (Å²) in [5, 5.41) is 14.3. The number of halogens is 2. The van der Waals surface area contributed by atoms with Crippen LogP contribution in [0.15, 0.2) is 23.6 Å².